The van der Waals surface area contributed by atoms with Gasteiger partial charge < -0.3 is 0 Å². The number of hydrogen-bond donors (Lipinski definition) is 1. The van der Waals surface area contributed by atoms with Gasteiger partial charge in [0.25, 0.3) is 0 Å². The zero-order chi connectivity index (χ0) is 23.9. The Bertz CT molecular complexity index is 1340. The molecule has 176 valence electrons. The Balaban J connectivity index is 1.37. The van der Waals surface area contributed by atoms with Crippen LogP contribution in [-0.2, 0) is 19.4 Å². The molecule has 35 heavy (non-hydrogen) atoms. The smallest absolute Gasteiger partial charge is 0.180 e. The molecule has 0 saturated carbocycles. The number of H-pyrrole nitrogens is 1. The third kappa shape index (κ3) is 5.48. The molecule has 0 bridgehead atoms. The van der Waals surface area contributed by atoms with Crippen LogP contribution < -0.4 is 0 Å². The lowest BCUT2D eigenvalue weighted by atomic mass is 10.0. The highest BCUT2D eigenvalue weighted by molar-refractivity contribution is 5.78. The molecule has 0 aliphatic carbocycles. The summed E-state index contributed by atoms with van der Waals surface area (Å²) in [6.07, 6.45) is 6.81. The second-order valence-corrected chi connectivity index (χ2v) is 8.56. The molecule has 0 unspecified atom stereocenters. The van der Waals surface area contributed by atoms with Crippen molar-refractivity contribution in [1.82, 2.24) is 40.4 Å². The van der Waals surface area contributed by atoms with Gasteiger partial charge in [-0.3, -0.25) is 4.98 Å². The number of aromatic amines is 1. The number of benzene rings is 2. The second-order valence-electron chi connectivity index (χ2n) is 8.56. The average molecular weight is 465 g/mol. The number of pyridine rings is 1. The minimum atomic E-state index is 0.623. The van der Waals surface area contributed by atoms with E-state index in [1.807, 2.05) is 42.6 Å². The van der Waals surface area contributed by atoms with E-state index in [1.165, 1.54) is 18.4 Å². The molecule has 3 aromatic heterocycles. The highest BCUT2D eigenvalue weighted by Gasteiger charge is 2.14. The van der Waals surface area contributed by atoms with Gasteiger partial charge in [-0.25, -0.2) is 14.8 Å². The molecular weight excluding hydrogens is 436 g/mol. The molecule has 0 spiro atoms. The summed E-state index contributed by atoms with van der Waals surface area (Å²) >= 11 is 0. The number of aryl methyl sites for hydroxylation is 1. The molecule has 0 radical (unpaired) electrons. The van der Waals surface area contributed by atoms with Gasteiger partial charge in [0.05, 0.1) is 5.69 Å². The van der Waals surface area contributed by atoms with Crippen molar-refractivity contribution in [2.75, 3.05) is 0 Å². The Labute approximate surface area is 204 Å². The Morgan fingerprint density at radius 2 is 1.66 bits per heavy atom. The normalized spacial score (nSPS) is 11.1. The van der Waals surface area contributed by atoms with Crippen molar-refractivity contribution < 1.29 is 0 Å². The van der Waals surface area contributed by atoms with E-state index in [0.717, 1.165) is 53.4 Å². The number of nitrogens with zero attached hydrogens (tertiary/aromatic N) is 7. The maximum absolute atomic E-state index is 4.91. The first-order chi connectivity index (χ1) is 17.3. The molecule has 0 aliphatic rings. The number of unbranched alkanes of at least 4 members (excludes halogenated alkanes) is 2. The van der Waals surface area contributed by atoms with Crippen molar-refractivity contribution in [3.63, 3.8) is 0 Å². The number of tetrazole rings is 1. The van der Waals surface area contributed by atoms with Crippen molar-refractivity contribution >= 4 is 0 Å². The standard InChI is InChI=1S/C27H28N8/c1-2-3-9-16-35-26(29-25(32-35)17-20-10-5-4-6-11-20)18-21-14-15-24(28-19-21)22-12-7-8-13-23(22)27-30-33-34-31-27/h4-8,10-15,19H,2-3,9,16-18H2,1H3,(H,30,31,33,34). The molecule has 5 aromatic rings. The first-order valence-electron chi connectivity index (χ1n) is 12.0. The van der Waals surface area contributed by atoms with Crippen molar-refractivity contribution in [3.8, 4) is 22.6 Å². The van der Waals surface area contributed by atoms with E-state index < -0.39 is 0 Å². The van der Waals surface area contributed by atoms with Crippen LogP contribution in [0.15, 0.2) is 72.9 Å². The van der Waals surface area contributed by atoms with Crippen LogP contribution in [-0.4, -0.2) is 40.4 Å². The zero-order valence-electron chi connectivity index (χ0n) is 19.8. The maximum Gasteiger partial charge on any atom is 0.180 e. The predicted molar refractivity (Wildman–Crippen MR) is 134 cm³/mol. The van der Waals surface area contributed by atoms with Crippen LogP contribution in [0.3, 0.4) is 0 Å². The van der Waals surface area contributed by atoms with E-state index in [0.29, 0.717) is 12.2 Å². The van der Waals surface area contributed by atoms with Crippen LogP contribution in [0.1, 0.15) is 49.0 Å². The summed E-state index contributed by atoms with van der Waals surface area (Å²) in [6, 6.07) is 22.5. The van der Waals surface area contributed by atoms with Crippen molar-refractivity contribution in [2.45, 2.75) is 45.6 Å². The molecular formula is C27H28N8. The lowest BCUT2D eigenvalue weighted by molar-refractivity contribution is 0.532. The van der Waals surface area contributed by atoms with Gasteiger partial charge in [0.2, 0.25) is 0 Å². The molecule has 2 aromatic carbocycles. The van der Waals surface area contributed by atoms with Crippen molar-refractivity contribution in [1.29, 1.82) is 0 Å². The summed E-state index contributed by atoms with van der Waals surface area (Å²) in [5.74, 6) is 2.47. The van der Waals surface area contributed by atoms with Crippen LogP contribution in [0.2, 0.25) is 0 Å². The van der Waals surface area contributed by atoms with Gasteiger partial charge >= 0.3 is 0 Å². The topological polar surface area (TPSA) is 98.1 Å². The Morgan fingerprint density at radius 1 is 0.829 bits per heavy atom. The van der Waals surface area contributed by atoms with E-state index in [-0.39, 0.29) is 0 Å². The highest BCUT2D eigenvalue weighted by atomic mass is 15.5. The third-order valence-electron chi connectivity index (χ3n) is 5.96. The van der Waals surface area contributed by atoms with Gasteiger partial charge in [-0.1, -0.05) is 80.4 Å². The molecule has 8 heteroatoms. The van der Waals surface area contributed by atoms with Gasteiger partial charge in [-0.2, -0.15) is 5.10 Å². The van der Waals surface area contributed by atoms with E-state index >= 15 is 0 Å². The summed E-state index contributed by atoms with van der Waals surface area (Å²) in [4.78, 5) is 9.66. The molecule has 0 amide bonds. The molecule has 8 nitrogen and oxygen atoms in total. The molecule has 0 saturated heterocycles. The van der Waals surface area contributed by atoms with Gasteiger partial charge in [0.1, 0.15) is 5.82 Å². The van der Waals surface area contributed by atoms with Gasteiger partial charge in [-0.15, -0.1) is 5.10 Å². The number of rotatable bonds is 10. The predicted octanol–water partition coefficient (Wildman–Crippen LogP) is 4.89. The third-order valence-corrected chi connectivity index (χ3v) is 5.96. The minimum Gasteiger partial charge on any atom is -0.256 e. The molecule has 0 atom stereocenters. The van der Waals surface area contributed by atoms with Crippen LogP contribution in [0.5, 0.6) is 0 Å². The average Bonchev–Trinajstić information content (AvgIpc) is 3.56. The van der Waals surface area contributed by atoms with E-state index in [4.69, 9.17) is 15.1 Å². The number of nitrogens with one attached hydrogen (secondary N) is 1. The van der Waals surface area contributed by atoms with Gasteiger partial charge in [0.15, 0.2) is 11.6 Å². The molecule has 5 rings (SSSR count). The van der Waals surface area contributed by atoms with E-state index in [1.54, 1.807) is 0 Å². The van der Waals surface area contributed by atoms with Gasteiger partial charge in [-0.05, 0) is 34.0 Å². The second kappa shape index (κ2) is 10.8. The number of hydrogen-bond acceptors (Lipinski definition) is 6. The molecule has 0 fully saturated rings. The van der Waals surface area contributed by atoms with Crippen LogP contribution >= 0.6 is 0 Å². The van der Waals surface area contributed by atoms with Crippen molar-refractivity contribution in [3.05, 3.63) is 95.7 Å². The highest BCUT2D eigenvalue weighted by Crippen LogP contribution is 2.28. The van der Waals surface area contributed by atoms with Crippen LogP contribution in [0, 0.1) is 0 Å². The summed E-state index contributed by atoms with van der Waals surface area (Å²) in [5, 5.41) is 19.1. The molecule has 1 N–H and O–H groups in total. The van der Waals surface area contributed by atoms with Crippen LogP contribution in [0.4, 0.5) is 0 Å². The quantitative estimate of drug-likeness (QED) is 0.296. The lowest BCUT2D eigenvalue weighted by Gasteiger charge is -2.08. The SMILES string of the molecule is CCCCCn1nc(Cc2ccccc2)nc1Cc1ccc(-c2ccccc2-c2nnn[nH]2)nc1. The Morgan fingerprint density at radius 3 is 2.40 bits per heavy atom. The van der Waals surface area contributed by atoms with E-state index in [2.05, 4.69) is 62.6 Å². The Kier molecular flexibility index (Phi) is 6.98. The molecule has 0 aliphatic heterocycles. The largest absolute Gasteiger partial charge is 0.256 e. The Hall–Kier alpha value is -4.20. The first-order valence-corrected chi connectivity index (χ1v) is 12.0. The fraction of sp³-hybridized carbons (Fsp3) is 0.259. The lowest BCUT2D eigenvalue weighted by Crippen LogP contribution is -2.07. The summed E-state index contributed by atoms with van der Waals surface area (Å²) in [6.45, 7) is 3.10. The fourth-order valence-electron chi connectivity index (χ4n) is 4.16. The minimum absolute atomic E-state index is 0.623. The summed E-state index contributed by atoms with van der Waals surface area (Å²) in [7, 11) is 0. The van der Waals surface area contributed by atoms with E-state index in [9.17, 15) is 0 Å². The summed E-state index contributed by atoms with van der Waals surface area (Å²) < 4.78 is 2.08. The fourth-order valence-corrected chi connectivity index (χ4v) is 4.16. The maximum atomic E-state index is 4.91. The first kappa shape index (κ1) is 22.6. The monoisotopic (exact) mass is 464 g/mol. The van der Waals surface area contributed by atoms with Gasteiger partial charge in [0, 0.05) is 36.7 Å². The molecule has 3 heterocycles. The zero-order valence-corrected chi connectivity index (χ0v) is 19.8. The number of aromatic nitrogens is 8. The summed E-state index contributed by atoms with van der Waals surface area (Å²) in [5.41, 5.74) is 5.08. The van der Waals surface area contributed by atoms with Crippen molar-refractivity contribution in [2.24, 2.45) is 0 Å². The van der Waals surface area contributed by atoms with Crippen LogP contribution in [0.25, 0.3) is 22.6 Å².